The Kier molecular flexibility index (Phi) is 8.06. The number of allylic oxidation sites excluding steroid dienone is 1. The average molecular weight is 416 g/mol. The summed E-state index contributed by atoms with van der Waals surface area (Å²) in [5.41, 5.74) is 0.239. The van der Waals surface area contributed by atoms with Crippen LogP contribution in [0.25, 0.3) is 10.9 Å². The molecule has 0 bridgehead atoms. The van der Waals surface area contributed by atoms with Crippen molar-refractivity contribution in [3.05, 3.63) is 46.2 Å². The monoisotopic (exact) mass is 415 g/mol. The van der Waals surface area contributed by atoms with Crippen molar-refractivity contribution in [2.24, 2.45) is 0 Å². The summed E-state index contributed by atoms with van der Waals surface area (Å²) in [7, 11) is 0. The Balaban J connectivity index is 2.28. The summed E-state index contributed by atoms with van der Waals surface area (Å²) in [6.07, 6.45) is 1.97. The van der Waals surface area contributed by atoms with E-state index in [1.165, 1.54) is 9.47 Å². The molecule has 2 rings (SSSR count). The highest BCUT2D eigenvalue weighted by atomic mass is 35.5. The second kappa shape index (κ2) is 10.5. The zero-order valence-electron chi connectivity index (χ0n) is 15.1. The fourth-order valence-corrected chi connectivity index (χ4v) is 3.61. The molecule has 2 aromatic rings. The quantitative estimate of drug-likeness (QED) is 0.354. The van der Waals surface area contributed by atoms with Crippen molar-refractivity contribution >= 4 is 40.2 Å². The van der Waals surface area contributed by atoms with E-state index in [0.717, 1.165) is 11.8 Å². The molecule has 0 aliphatic carbocycles. The van der Waals surface area contributed by atoms with Crippen LogP contribution in [0.5, 0.6) is 0 Å². The highest BCUT2D eigenvalue weighted by molar-refractivity contribution is 7.99. The molecule has 28 heavy (non-hydrogen) atoms. The van der Waals surface area contributed by atoms with Crippen molar-refractivity contribution < 1.29 is 4.79 Å². The van der Waals surface area contributed by atoms with E-state index in [9.17, 15) is 9.59 Å². The molecular formula is C19H18ClN5O2S. The lowest BCUT2D eigenvalue weighted by Crippen LogP contribution is -2.34. The van der Waals surface area contributed by atoms with Crippen LogP contribution < -0.4 is 5.56 Å². The van der Waals surface area contributed by atoms with Crippen LogP contribution in [0.4, 0.5) is 0 Å². The molecule has 0 saturated heterocycles. The third kappa shape index (κ3) is 5.35. The van der Waals surface area contributed by atoms with E-state index in [4.69, 9.17) is 22.1 Å². The third-order valence-electron chi connectivity index (χ3n) is 3.86. The summed E-state index contributed by atoms with van der Waals surface area (Å²) in [6.45, 7) is 4.44. The van der Waals surface area contributed by atoms with E-state index in [1.807, 2.05) is 12.1 Å². The van der Waals surface area contributed by atoms with E-state index in [2.05, 4.69) is 11.6 Å². The second-order valence-corrected chi connectivity index (χ2v) is 7.12. The number of hydrogen-bond acceptors (Lipinski definition) is 6. The summed E-state index contributed by atoms with van der Waals surface area (Å²) in [6, 6.07) is 8.88. The lowest BCUT2D eigenvalue weighted by molar-refractivity contribution is -0.128. The van der Waals surface area contributed by atoms with Gasteiger partial charge in [0, 0.05) is 24.7 Å². The van der Waals surface area contributed by atoms with Crippen molar-refractivity contribution in [3.8, 4) is 12.1 Å². The minimum atomic E-state index is -0.256. The first-order chi connectivity index (χ1) is 13.5. The molecule has 0 radical (unpaired) electrons. The largest absolute Gasteiger partial charge is 0.340 e. The van der Waals surface area contributed by atoms with Gasteiger partial charge < -0.3 is 4.90 Å². The number of benzene rings is 1. The molecule has 0 aliphatic rings. The Morgan fingerprint density at radius 2 is 2.00 bits per heavy atom. The molecule has 1 aromatic heterocycles. The lowest BCUT2D eigenvalue weighted by atomic mass is 10.2. The van der Waals surface area contributed by atoms with Gasteiger partial charge in [-0.25, -0.2) is 4.98 Å². The molecule has 1 aromatic carbocycles. The summed E-state index contributed by atoms with van der Waals surface area (Å²) >= 11 is 7.12. The minimum Gasteiger partial charge on any atom is -0.340 e. The zero-order chi connectivity index (χ0) is 20.5. The van der Waals surface area contributed by atoms with Gasteiger partial charge in [0.2, 0.25) is 5.91 Å². The standard InChI is InChI=1S/C19H18ClN5O2S/c1-2-9-25-18(27)15-12-14(20)5-6-16(15)23-19(25)28-13-17(26)24(10-3-7-21)11-4-8-22/h2,5-6,12H,1,3-4,9-11,13H2. The summed E-state index contributed by atoms with van der Waals surface area (Å²) < 4.78 is 1.44. The van der Waals surface area contributed by atoms with Gasteiger partial charge in [0.1, 0.15) is 0 Å². The van der Waals surface area contributed by atoms with E-state index >= 15 is 0 Å². The molecule has 7 nitrogen and oxygen atoms in total. The van der Waals surface area contributed by atoms with Crippen LogP contribution in [0.2, 0.25) is 5.02 Å². The van der Waals surface area contributed by atoms with Gasteiger partial charge >= 0.3 is 0 Å². The molecule has 0 N–H and O–H groups in total. The van der Waals surface area contributed by atoms with Crippen molar-refractivity contribution in [3.63, 3.8) is 0 Å². The van der Waals surface area contributed by atoms with E-state index in [0.29, 0.717) is 21.1 Å². The highest BCUT2D eigenvalue weighted by Gasteiger charge is 2.17. The van der Waals surface area contributed by atoms with Crippen LogP contribution in [-0.2, 0) is 11.3 Å². The summed E-state index contributed by atoms with van der Waals surface area (Å²) in [5.74, 6) is -0.175. The van der Waals surface area contributed by atoms with Gasteiger partial charge in [-0.1, -0.05) is 29.4 Å². The summed E-state index contributed by atoms with van der Waals surface area (Å²) in [4.78, 5) is 31.3. The SMILES string of the molecule is C=CCn1c(SCC(=O)N(CCC#N)CCC#N)nc2ccc(Cl)cc2c1=O. The van der Waals surface area contributed by atoms with E-state index in [1.54, 1.807) is 24.3 Å². The predicted molar refractivity (Wildman–Crippen MR) is 109 cm³/mol. The Labute approximate surface area is 171 Å². The fourth-order valence-electron chi connectivity index (χ4n) is 2.52. The Bertz CT molecular complexity index is 1000. The van der Waals surface area contributed by atoms with Gasteiger partial charge in [-0.05, 0) is 18.2 Å². The van der Waals surface area contributed by atoms with Gasteiger partial charge in [-0.2, -0.15) is 10.5 Å². The van der Waals surface area contributed by atoms with Crippen molar-refractivity contribution in [1.29, 1.82) is 10.5 Å². The van der Waals surface area contributed by atoms with Gasteiger partial charge in [-0.3, -0.25) is 14.2 Å². The number of carbonyl (C=O) groups is 1. The second-order valence-electron chi connectivity index (χ2n) is 5.75. The number of carbonyl (C=O) groups excluding carboxylic acids is 1. The first kappa shape index (κ1) is 21.5. The molecule has 0 fully saturated rings. The smallest absolute Gasteiger partial charge is 0.262 e. The number of nitrogens with zero attached hydrogens (tertiary/aromatic N) is 5. The van der Waals surface area contributed by atoms with Crippen LogP contribution in [0.3, 0.4) is 0 Å². The lowest BCUT2D eigenvalue weighted by Gasteiger charge is -2.20. The number of rotatable bonds is 9. The van der Waals surface area contributed by atoms with Gasteiger partial charge in [-0.15, -0.1) is 6.58 Å². The Morgan fingerprint density at radius 3 is 2.61 bits per heavy atom. The molecule has 0 atom stereocenters. The van der Waals surface area contributed by atoms with Gasteiger partial charge in [0.05, 0.1) is 41.6 Å². The molecule has 0 saturated carbocycles. The maximum atomic E-state index is 12.8. The molecule has 9 heteroatoms. The summed E-state index contributed by atoms with van der Waals surface area (Å²) in [5, 5.41) is 18.7. The molecule has 144 valence electrons. The first-order valence-electron chi connectivity index (χ1n) is 8.47. The van der Waals surface area contributed by atoms with E-state index < -0.39 is 0 Å². The third-order valence-corrected chi connectivity index (χ3v) is 5.05. The Morgan fingerprint density at radius 1 is 1.32 bits per heavy atom. The van der Waals surface area contributed by atoms with Gasteiger partial charge in [0.15, 0.2) is 5.16 Å². The Hall–Kier alpha value is -2.81. The molecule has 1 heterocycles. The minimum absolute atomic E-state index is 0.0412. The number of fused-ring (bicyclic) bond motifs is 1. The highest BCUT2D eigenvalue weighted by Crippen LogP contribution is 2.21. The number of amides is 1. The van der Waals surface area contributed by atoms with E-state index in [-0.39, 0.29) is 49.7 Å². The maximum Gasteiger partial charge on any atom is 0.262 e. The number of hydrogen-bond donors (Lipinski definition) is 0. The van der Waals surface area contributed by atoms with Crippen LogP contribution in [-0.4, -0.2) is 39.2 Å². The maximum absolute atomic E-state index is 12.8. The number of aromatic nitrogens is 2. The van der Waals surface area contributed by atoms with Gasteiger partial charge in [0.25, 0.3) is 5.56 Å². The first-order valence-corrected chi connectivity index (χ1v) is 9.83. The predicted octanol–water partition coefficient (Wildman–Crippen LogP) is 2.98. The molecule has 0 aliphatic heterocycles. The molecular weight excluding hydrogens is 398 g/mol. The molecule has 0 unspecified atom stereocenters. The van der Waals surface area contributed by atoms with Crippen molar-refractivity contribution in [2.45, 2.75) is 24.5 Å². The van der Waals surface area contributed by atoms with Crippen molar-refractivity contribution in [2.75, 3.05) is 18.8 Å². The zero-order valence-corrected chi connectivity index (χ0v) is 16.7. The normalized spacial score (nSPS) is 10.2. The number of halogens is 1. The topological polar surface area (TPSA) is 103 Å². The molecule has 0 spiro atoms. The van der Waals surface area contributed by atoms with Crippen LogP contribution >= 0.6 is 23.4 Å². The van der Waals surface area contributed by atoms with Crippen LogP contribution in [0, 0.1) is 22.7 Å². The number of thioether (sulfide) groups is 1. The van der Waals surface area contributed by atoms with Crippen LogP contribution in [0.15, 0.2) is 40.8 Å². The van der Waals surface area contributed by atoms with Crippen LogP contribution in [0.1, 0.15) is 12.8 Å². The van der Waals surface area contributed by atoms with Crippen molar-refractivity contribution in [1.82, 2.24) is 14.5 Å². The number of nitriles is 2. The fraction of sp³-hybridized carbons (Fsp3) is 0.316. The molecule has 1 amide bonds. The average Bonchev–Trinajstić information content (AvgIpc) is 2.69.